The van der Waals surface area contributed by atoms with Gasteiger partial charge in [-0.1, -0.05) is 43.7 Å². The lowest BCUT2D eigenvalue weighted by molar-refractivity contribution is -0.142. The lowest BCUT2D eigenvalue weighted by Crippen LogP contribution is -2.58. The highest BCUT2D eigenvalue weighted by atomic mass is 35.5. The zero-order valence-corrected chi connectivity index (χ0v) is 20.8. The molecule has 1 aromatic heterocycles. The SMILES string of the molecule is O=C(Nc1nccs1)C(CC1CCCCC1)N1CCN(S(=O)(=O)c2cc(Cl)ccc2F)CC1=O. The molecule has 2 amide bonds. The molecule has 8 nitrogen and oxygen atoms in total. The fourth-order valence-electron chi connectivity index (χ4n) is 4.60. The number of aromatic nitrogens is 1. The monoisotopic (exact) mass is 528 g/mol. The number of carbonyl (C=O) groups is 2. The molecule has 1 unspecified atom stereocenters. The van der Waals surface area contributed by atoms with Crippen molar-refractivity contribution in [1.82, 2.24) is 14.2 Å². The van der Waals surface area contributed by atoms with Crippen molar-refractivity contribution in [3.05, 3.63) is 40.6 Å². The van der Waals surface area contributed by atoms with E-state index in [-0.39, 0.29) is 24.0 Å². The summed E-state index contributed by atoms with van der Waals surface area (Å²) in [5, 5.41) is 5.06. The smallest absolute Gasteiger partial charge is 0.248 e. The van der Waals surface area contributed by atoms with E-state index in [0.29, 0.717) is 17.5 Å². The topological polar surface area (TPSA) is 99.7 Å². The third kappa shape index (κ3) is 5.59. The summed E-state index contributed by atoms with van der Waals surface area (Å²) in [6, 6.07) is 2.55. The number of halogens is 2. The number of amides is 2. The second-order valence-corrected chi connectivity index (χ2v) is 11.8. The highest BCUT2D eigenvalue weighted by molar-refractivity contribution is 7.89. The number of piperazine rings is 1. The van der Waals surface area contributed by atoms with Gasteiger partial charge in [0.15, 0.2) is 5.13 Å². The summed E-state index contributed by atoms with van der Waals surface area (Å²) in [5.41, 5.74) is 0. The van der Waals surface area contributed by atoms with Gasteiger partial charge in [-0.3, -0.25) is 9.59 Å². The number of rotatable bonds is 7. The number of hydrogen-bond acceptors (Lipinski definition) is 6. The van der Waals surface area contributed by atoms with E-state index < -0.39 is 39.2 Å². The predicted octanol–water partition coefficient (Wildman–Crippen LogP) is 3.75. The van der Waals surface area contributed by atoms with Gasteiger partial charge in [0.2, 0.25) is 21.8 Å². The minimum Gasteiger partial charge on any atom is -0.328 e. The van der Waals surface area contributed by atoms with Gasteiger partial charge in [-0.2, -0.15) is 4.31 Å². The molecule has 184 valence electrons. The molecule has 1 saturated heterocycles. The fraction of sp³-hybridized carbons (Fsp3) is 0.500. The Bertz CT molecular complexity index is 1140. The molecule has 4 rings (SSSR count). The largest absolute Gasteiger partial charge is 0.328 e. The number of anilines is 1. The van der Waals surface area contributed by atoms with Crippen LogP contribution in [-0.4, -0.2) is 60.1 Å². The Morgan fingerprint density at radius 2 is 2.03 bits per heavy atom. The zero-order valence-electron chi connectivity index (χ0n) is 18.5. The first-order valence-corrected chi connectivity index (χ1v) is 13.9. The summed E-state index contributed by atoms with van der Waals surface area (Å²) in [7, 11) is -4.27. The van der Waals surface area contributed by atoms with Crippen LogP contribution in [0.15, 0.2) is 34.7 Å². The van der Waals surface area contributed by atoms with E-state index in [0.717, 1.165) is 42.1 Å². The molecule has 2 aromatic rings. The third-order valence-corrected chi connectivity index (χ3v) is 9.14. The third-order valence-electron chi connectivity index (χ3n) is 6.36. The van der Waals surface area contributed by atoms with Crippen LogP contribution in [0, 0.1) is 11.7 Å². The first kappa shape index (κ1) is 25.0. The molecule has 1 atom stereocenters. The predicted molar refractivity (Wildman–Crippen MR) is 128 cm³/mol. The van der Waals surface area contributed by atoms with E-state index in [2.05, 4.69) is 10.3 Å². The van der Waals surface area contributed by atoms with Gasteiger partial charge in [0.25, 0.3) is 0 Å². The van der Waals surface area contributed by atoms with E-state index in [1.807, 2.05) is 0 Å². The highest BCUT2D eigenvalue weighted by Crippen LogP contribution is 2.31. The van der Waals surface area contributed by atoms with E-state index in [1.165, 1.54) is 28.7 Å². The standard InChI is InChI=1S/C22H26ClFN4O4S2/c23-16-6-7-17(24)19(13-16)34(31,32)27-9-10-28(20(29)14-27)18(12-15-4-2-1-3-5-15)21(30)26-22-25-8-11-33-22/h6-8,11,13,15,18H,1-5,9-10,12,14H2,(H,25,26,30). The molecule has 0 radical (unpaired) electrons. The van der Waals surface area contributed by atoms with Gasteiger partial charge < -0.3 is 10.2 Å². The van der Waals surface area contributed by atoms with Crippen LogP contribution in [0.25, 0.3) is 0 Å². The van der Waals surface area contributed by atoms with Crippen molar-refractivity contribution in [3.63, 3.8) is 0 Å². The number of benzene rings is 1. The molecule has 12 heteroatoms. The molecule has 0 bridgehead atoms. The van der Waals surface area contributed by atoms with Crippen LogP contribution in [0.4, 0.5) is 9.52 Å². The minimum absolute atomic E-state index is 0.0307. The Labute approximate surface area is 207 Å². The second kappa shape index (κ2) is 10.7. The van der Waals surface area contributed by atoms with Gasteiger partial charge in [0.05, 0.1) is 6.54 Å². The quantitative estimate of drug-likeness (QED) is 0.590. The summed E-state index contributed by atoms with van der Waals surface area (Å²) in [6.45, 7) is -0.491. The molecule has 1 aliphatic heterocycles. The zero-order chi connectivity index (χ0) is 24.3. The molecule has 1 saturated carbocycles. The Kier molecular flexibility index (Phi) is 7.86. The lowest BCUT2D eigenvalue weighted by atomic mass is 9.84. The van der Waals surface area contributed by atoms with E-state index in [4.69, 9.17) is 11.6 Å². The summed E-state index contributed by atoms with van der Waals surface area (Å²) in [6.07, 6.45) is 7.45. The minimum atomic E-state index is -4.27. The van der Waals surface area contributed by atoms with Crippen molar-refractivity contribution in [2.45, 2.75) is 49.5 Å². The highest BCUT2D eigenvalue weighted by Gasteiger charge is 2.40. The lowest BCUT2D eigenvalue weighted by Gasteiger charge is -2.39. The maximum Gasteiger partial charge on any atom is 0.248 e. The number of nitrogens with one attached hydrogen (secondary N) is 1. The van der Waals surface area contributed by atoms with Gasteiger partial charge >= 0.3 is 0 Å². The van der Waals surface area contributed by atoms with Gasteiger partial charge in [0, 0.05) is 29.7 Å². The Morgan fingerprint density at radius 1 is 1.26 bits per heavy atom. The maximum atomic E-state index is 14.3. The van der Waals surface area contributed by atoms with Crippen molar-refractivity contribution in [3.8, 4) is 0 Å². The maximum absolute atomic E-state index is 14.3. The summed E-state index contributed by atoms with van der Waals surface area (Å²) >= 11 is 7.15. The molecule has 0 spiro atoms. The molecular formula is C22H26ClFN4O4S2. The summed E-state index contributed by atoms with van der Waals surface area (Å²) in [4.78, 5) is 31.3. The van der Waals surface area contributed by atoms with Crippen molar-refractivity contribution in [1.29, 1.82) is 0 Å². The number of nitrogens with zero attached hydrogens (tertiary/aromatic N) is 3. The van der Waals surface area contributed by atoms with E-state index in [1.54, 1.807) is 11.6 Å². The Morgan fingerprint density at radius 3 is 2.71 bits per heavy atom. The molecule has 34 heavy (non-hydrogen) atoms. The van der Waals surface area contributed by atoms with Crippen LogP contribution in [-0.2, 0) is 19.6 Å². The van der Waals surface area contributed by atoms with E-state index >= 15 is 0 Å². The number of thiazole rings is 1. The van der Waals surface area contributed by atoms with Crippen LogP contribution in [0.5, 0.6) is 0 Å². The van der Waals surface area contributed by atoms with Crippen molar-refractivity contribution >= 4 is 49.9 Å². The van der Waals surface area contributed by atoms with Crippen LogP contribution in [0.1, 0.15) is 38.5 Å². The molecule has 2 fully saturated rings. The van der Waals surface area contributed by atoms with Gasteiger partial charge in [0.1, 0.15) is 16.8 Å². The van der Waals surface area contributed by atoms with E-state index in [9.17, 15) is 22.4 Å². The Hall–Kier alpha value is -2.08. The fourth-order valence-corrected chi connectivity index (χ4v) is 6.84. The molecule has 2 aliphatic rings. The van der Waals surface area contributed by atoms with Gasteiger partial charge in [-0.25, -0.2) is 17.8 Å². The average molecular weight is 529 g/mol. The van der Waals surface area contributed by atoms with Crippen LogP contribution in [0.3, 0.4) is 0 Å². The molecular weight excluding hydrogens is 503 g/mol. The van der Waals surface area contributed by atoms with Crippen LogP contribution < -0.4 is 5.32 Å². The second-order valence-electron chi connectivity index (χ2n) is 8.58. The first-order valence-electron chi connectivity index (χ1n) is 11.2. The van der Waals surface area contributed by atoms with Gasteiger partial charge in [-0.05, 0) is 30.5 Å². The number of sulfonamides is 1. The molecule has 1 aromatic carbocycles. The normalized spacial score (nSPS) is 19.2. The molecule has 1 N–H and O–H groups in total. The van der Waals surface area contributed by atoms with Crippen LogP contribution >= 0.6 is 22.9 Å². The van der Waals surface area contributed by atoms with Gasteiger partial charge in [-0.15, -0.1) is 11.3 Å². The molecule has 1 aliphatic carbocycles. The molecule has 2 heterocycles. The summed E-state index contributed by atoms with van der Waals surface area (Å²) in [5.74, 6) is -1.44. The van der Waals surface area contributed by atoms with Crippen molar-refractivity contribution in [2.24, 2.45) is 5.92 Å². The van der Waals surface area contributed by atoms with Crippen molar-refractivity contribution < 1.29 is 22.4 Å². The number of hydrogen-bond donors (Lipinski definition) is 1. The summed E-state index contributed by atoms with van der Waals surface area (Å²) < 4.78 is 41.2. The number of carbonyl (C=O) groups excluding carboxylic acids is 2. The average Bonchev–Trinajstić information content (AvgIpc) is 3.33. The van der Waals surface area contributed by atoms with Crippen LogP contribution in [0.2, 0.25) is 5.02 Å². The first-order chi connectivity index (χ1) is 16.3. The Balaban J connectivity index is 1.52. The van der Waals surface area contributed by atoms with Crippen molar-refractivity contribution in [2.75, 3.05) is 25.0 Å².